The first-order chi connectivity index (χ1) is 8.56. The summed E-state index contributed by atoms with van der Waals surface area (Å²) in [4.78, 5) is 19.4. The van der Waals surface area contributed by atoms with Crippen LogP contribution in [0.2, 0.25) is 0 Å². The van der Waals surface area contributed by atoms with Crippen LogP contribution < -0.4 is 5.56 Å². The number of benzene rings is 1. The molecule has 1 N–H and O–H groups in total. The smallest absolute Gasteiger partial charge is 0.258 e. The highest BCUT2D eigenvalue weighted by atomic mass is 79.9. The number of H-pyrrole nitrogens is 1. The third kappa shape index (κ3) is 1.99. The van der Waals surface area contributed by atoms with E-state index in [1.807, 2.05) is 13.0 Å². The monoisotopic (exact) mass is 306 g/mol. The van der Waals surface area contributed by atoms with Crippen molar-refractivity contribution >= 4 is 26.8 Å². The summed E-state index contributed by atoms with van der Waals surface area (Å²) in [5.41, 5.74) is 3.34. The maximum Gasteiger partial charge on any atom is 0.258 e. The highest BCUT2D eigenvalue weighted by Crippen LogP contribution is 2.45. The summed E-state index contributed by atoms with van der Waals surface area (Å²) < 4.78 is 0. The van der Waals surface area contributed by atoms with Gasteiger partial charge in [-0.1, -0.05) is 15.9 Å². The largest absolute Gasteiger partial charge is 0.310 e. The Morgan fingerprint density at radius 2 is 2.17 bits per heavy atom. The summed E-state index contributed by atoms with van der Waals surface area (Å²) in [5, 5.41) is 0.686. The number of alkyl halides is 1. The standard InChI is InChI=1S/C14H15BrN2O/c1-7(15)10-5-12-13(6-11(10)9-3-4-9)16-8(2)17-14(12)18/h5-7,9H,3-4H2,1-2H3,(H,16,17,18). The van der Waals surface area contributed by atoms with E-state index in [0.717, 1.165) is 5.52 Å². The van der Waals surface area contributed by atoms with Crippen LogP contribution in [-0.2, 0) is 0 Å². The van der Waals surface area contributed by atoms with Gasteiger partial charge in [-0.3, -0.25) is 4.79 Å². The summed E-state index contributed by atoms with van der Waals surface area (Å²) >= 11 is 3.62. The van der Waals surface area contributed by atoms with E-state index in [1.165, 1.54) is 24.0 Å². The van der Waals surface area contributed by atoms with Crippen molar-refractivity contribution in [2.45, 2.75) is 37.4 Å². The molecule has 1 unspecified atom stereocenters. The normalized spacial score (nSPS) is 17.1. The Morgan fingerprint density at radius 3 is 2.78 bits per heavy atom. The van der Waals surface area contributed by atoms with Gasteiger partial charge in [-0.15, -0.1) is 0 Å². The van der Waals surface area contributed by atoms with Crippen molar-refractivity contribution in [1.29, 1.82) is 0 Å². The molecule has 0 aliphatic heterocycles. The van der Waals surface area contributed by atoms with Crippen molar-refractivity contribution in [3.63, 3.8) is 0 Å². The van der Waals surface area contributed by atoms with Crippen LogP contribution in [0.15, 0.2) is 16.9 Å². The average molecular weight is 307 g/mol. The fraction of sp³-hybridized carbons (Fsp3) is 0.429. The van der Waals surface area contributed by atoms with Gasteiger partial charge in [-0.25, -0.2) is 4.98 Å². The number of hydrogen-bond donors (Lipinski definition) is 1. The second-order valence-electron chi connectivity index (χ2n) is 5.04. The van der Waals surface area contributed by atoms with E-state index in [-0.39, 0.29) is 10.4 Å². The number of hydrogen-bond acceptors (Lipinski definition) is 2. The van der Waals surface area contributed by atoms with Crippen LogP contribution in [0, 0.1) is 6.92 Å². The van der Waals surface area contributed by atoms with Gasteiger partial charge in [0, 0.05) is 4.83 Å². The number of nitrogens with zero attached hydrogens (tertiary/aromatic N) is 1. The maximum absolute atomic E-state index is 12.0. The van der Waals surface area contributed by atoms with E-state index < -0.39 is 0 Å². The lowest BCUT2D eigenvalue weighted by molar-refractivity contribution is 1.01. The molecule has 3 rings (SSSR count). The van der Waals surface area contributed by atoms with Gasteiger partial charge >= 0.3 is 0 Å². The maximum atomic E-state index is 12.0. The fourth-order valence-electron chi connectivity index (χ4n) is 2.43. The van der Waals surface area contributed by atoms with Gasteiger partial charge in [0.05, 0.1) is 10.9 Å². The SMILES string of the molecule is Cc1nc2cc(C3CC3)c(C(C)Br)cc2c(=O)[nH]1. The Bertz CT molecular complexity index is 671. The van der Waals surface area contributed by atoms with E-state index in [4.69, 9.17) is 0 Å². The van der Waals surface area contributed by atoms with E-state index in [9.17, 15) is 4.79 Å². The molecule has 1 saturated carbocycles. The van der Waals surface area contributed by atoms with Crippen molar-refractivity contribution in [2.75, 3.05) is 0 Å². The first-order valence-electron chi connectivity index (χ1n) is 6.25. The molecule has 4 heteroatoms. The zero-order valence-corrected chi connectivity index (χ0v) is 12.0. The molecule has 0 radical (unpaired) electrons. The van der Waals surface area contributed by atoms with E-state index in [2.05, 4.69) is 38.9 Å². The van der Waals surface area contributed by atoms with Crippen LogP contribution in [-0.4, -0.2) is 9.97 Å². The molecular formula is C14H15BrN2O. The predicted molar refractivity (Wildman–Crippen MR) is 76.4 cm³/mol. The molecule has 2 aromatic rings. The van der Waals surface area contributed by atoms with E-state index in [0.29, 0.717) is 17.1 Å². The molecule has 1 heterocycles. The number of nitrogens with one attached hydrogen (secondary N) is 1. The minimum Gasteiger partial charge on any atom is -0.310 e. The summed E-state index contributed by atoms with van der Waals surface area (Å²) in [7, 11) is 0. The molecule has 1 aromatic heterocycles. The van der Waals surface area contributed by atoms with Gasteiger partial charge in [-0.05, 0) is 55.9 Å². The van der Waals surface area contributed by atoms with Gasteiger partial charge in [-0.2, -0.15) is 0 Å². The Labute approximate surface area is 114 Å². The van der Waals surface area contributed by atoms with Crippen molar-refractivity contribution in [3.05, 3.63) is 39.4 Å². The molecule has 0 amide bonds. The third-order valence-corrected chi connectivity index (χ3v) is 3.97. The lowest BCUT2D eigenvalue weighted by Crippen LogP contribution is -2.11. The predicted octanol–water partition coefficient (Wildman–Crippen LogP) is 3.56. The molecule has 0 spiro atoms. The second-order valence-corrected chi connectivity index (χ2v) is 6.41. The van der Waals surface area contributed by atoms with Gasteiger partial charge in [0.25, 0.3) is 5.56 Å². The second kappa shape index (κ2) is 4.19. The minimum atomic E-state index is -0.0470. The highest BCUT2D eigenvalue weighted by molar-refractivity contribution is 9.09. The summed E-state index contributed by atoms with van der Waals surface area (Å²) in [6.07, 6.45) is 2.50. The number of fused-ring (bicyclic) bond motifs is 1. The first kappa shape index (κ1) is 11.9. The van der Waals surface area contributed by atoms with Crippen LogP contribution >= 0.6 is 15.9 Å². The molecule has 1 aromatic carbocycles. The Morgan fingerprint density at radius 1 is 1.44 bits per heavy atom. The van der Waals surface area contributed by atoms with Crippen molar-refractivity contribution in [2.24, 2.45) is 0 Å². The quantitative estimate of drug-likeness (QED) is 0.862. The molecule has 0 saturated heterocycles. The molecule has 0 bridgehead atoms. The fourth-order valence-corrected chi connectivity index (χ4v) is 2.82. The number of aryl methyl sites for hydroxylation is 1. The number of aromatic nitrogens is 2. The van der Waals surface area contributed by atoms with E-state index >= 15 is 0 Å². The lowest BCUT2D eigenvalue weighted by Gasteiger charge is -2.12. The summed E-state index contributed by atoms with van der Waals surface area (Å²) in [6.45, 7) is 3.92. The summed E-state index contributed by atoms with van der Waals surface area (Å²) in [6, 6.07) is 4.09. The number of rotatable bonds is 2. The Kier molecular flexibility index (Phi) is 2.77. The Hall–Kier alpha value is -1.16. The first-order valence-corrected chi connectivity index (χ1v) is 7.16. The van der Waals surface area contributed by atoms with Crippen LogP contribution in [0.1, 0.15) is 47.5 Å². The van der Waals surface area contributed by atoms with Gasteiger partial charge in [0.15, 0.2) is 0 Å². The van der Waals surface area contributed by atoms with Crippen LogP contribution in [0.4, 0.5) is 0 Å². The minimum absolute atomic E-state index is 0.0470. The highest BCUT2D eigenvalue weighted by Gasteiger charge is 2.27. The van der Waals surface area contributed by atoms with Crippen molar-refractivity contribution < 1.29 is 0 Å². The van der Waals surface area contributed by atoms with Crippen molar-refractivity contribution in [1.82, 2.24) is 9.97 Å². The molecular weight excluding hydrogens is 292 g/mol. The molecule has 94 valence electrons. The molecule has 1 aliphatic carbocycles. The zero-order chi connectivity index (χ0) is 12.9. The van der Waals surface area contributed by atoms with Crippen LogP contribution in [0.5, 0.6) is 0 Å². The van der Waals surface area contributed by atoms with Gasteiger partial charge in [0.2, 0.25) is 0 Å². The van der Waals surface area contributed by atoms with Gasteiger partial charge in [0.1, 0.15) is 5.82 Å². The summed E-state index contributed by atoms with van der Waals surface area (Å²) in [5.74, 6) is 1.33. The average Bonchev–Trinajstić information content (AvgIpc) is 3.10. The lowest BCUT2D eigenvalue weighted by atomic mass is 9.99. The topological polar surface area (TPSA) is 45.8 Å². The zero-order valence-electron chi connectivity index (χ0n) is 10.5. The van der Waals surface area contributed by atoms with E-state index in [1.54, 1.807) is 0 Å². The number of halogens is 1. The molecule has 1 fully saturated rings. The molecule has 1 atom stereocenters. The molecule has 18 heavy (non-hydrogen) atoms. The molecule has 1 aliphatic rings. The Balaban J connectivity index is 2.33. The van der Waals surface area contributed by atoms with Crippen molar-refractivity contribution in [3.8, 4) is 0 Å². The third-order valence-electron chi connectivity index (χ3n) is 3.47. The van der Waals surface area contributed by atoms with Crippen LogP contribution in [0.25, 0.3) is 10.9 Å². The number of aromatic amines is 1. The van der Waals surface area contributed by atoms with Gasteiger partial charge < -0.3 is 4.98 Å². The van der Waals surface area contributed by atoms with Crippen LogP contribution in [0.3, 0.4) is 0 Å². The molecule has 3 nitrogen and oxygen atoms in total.